The number of benzene rings is 3. The molecule has 0 fully saturated rings. The maximum atomic E-state index is 12.5. The molecule has 4 aromatic rings. The normalized spacial score (nSPS) is 11.0. The second-order valence-corrected chi connectivity index (χ2v) is 5.89. The van der Waals surface area contributed by atoms with Gasteiger partial charge < -0.3 is 14.5 Å². The van der Waals surface area contributed by atoms with Crippen molar-refractivity contribution in [3.63, 3.8) is 0 Å². The molecule has 4 rings (SSSR count). The fourth-order valence-electron chi connectivity index (χ4n) is 2.74. The SMILES string of the molecule is O=C(Nc1ccc(-c2nc3ccccc3o2)cc1)c1ccccc1OC(F)F. The second-order valence-electron chi connectivity index (χ2n) is 5.89. The van der Waals surface area contributed by atoms with Gasteiger partial charge in [0.1, 0.15) is 11.3 Å². The monoisotopic (exact) mass is 380 g/mol. The van der Waals surface area contributed by atoms with Gasteiger partial charge in [0, 0.05) is 11.3 Å². The number of nitrogens with zero attached hydrogens (tertiary/aromatic N) is 1. The van der Waals surface area contributed by atoms with Gasteiger partial charge in [0.2, 0.25) is 5.89 Å². The van der Waals surface area contributed by atoms with E-state index >= 15 is 0 Å². The van der Waals surface area contributed by atoms with Crippen LogP contribution < -0.4 is 10.1 Å². The summed E-state index contributed by atoms with van der Waals surface area (Å²) in [6.45, 7) is -3.01. The maximum absolute atomic E-state index is 12.5. The van der Waals surface area contributed by atoms with Gasteiger partial charge in [-0.3, -0.25) is 4.79 Å². The Balaban J connectivity index is 1.53. The van der Waals surface area contributed by atoms with Gasteiger partial charge in [-0.2, -0.15) is 8.78 Å². The van der Waals surface area contributed by atoms with Crippen LogP contribution in [0.15, 0.2) is 77.2 Å². The lowest BCUT2D eigenvalue weighted by Crippen LogP contribution is -2.14. The van der Waals surface area contributed by atoms with Gasteiger partial charge in [0.05, 0.1) is 5.56 Å². The van der Waals surface area contributed by atoms with E-state index in [0.717, 1.165) is 11.1 Å². The van der Waals surface area contributed by atoms with Crippen LogP contribution in [-0.4, -0.2) is 17.5 Å². The van der Waals surface area contributed by atoms with Gasteiger partial charge in [-0.25, -0.2) is 4.98 Å². The standard InChI is InChI=1S/C21H14F2N2O3/c22-21(23)28-17-7-3-1-5-15(17)19(26)24-14-11-9-13(10-12-14)20-25-16-6-2-4-8-18(16)27-20/h1-12,21H,(H,24,26). The van der Waals surface area contributed by atoms with Gasteiger partial charge in [0.15, 0.2) is 5.58 Å². The topological polar surface area (TPSA) is 64.4 Å². The molecule has 3 aromatic carbocycles. The summed E-state index contributed by atoms with van der Waals surface area (Å²) in [6.07, 6.45) is 0. The first-order valence-electron chi connectivity index (χ1n) is 8.41. The van der Waals surface area contributed by atoms with Crippen molar-refractivity contribution in [1.82, 2.24) is 4.98 Å². The predicted molar refractivity (Wildman–Crippen MR) is 100 cm³/mol. The Labute approximate surface area is 158 Å². The molecule has 0 radical (unpaired) electrons. The molecule has 0 aliphatic carbocycles. The smallest absolute Gasteiger partial charge is 0.387 e. The summed E-state index contributed by atoms with van der Waals surface area (Å²) < 4.78 is 35.1. The number of amides is 1. The van der Waals surface area contributed by atoms with E-state index in [1.165, 1.54) is 18.2 Å². The number of aromatic nitrogens is 1. The van der Waals surface area contributed by atoms with Crippen LogP contribution in [0.4, 0.5) is 14.5 Å². The molecule has 7 heteroatoms. The molecule has 140 valence electrons. The number of para-hydroxylation sites is 3. The molecule has 5 nitrogen and oxygen atoms in total. The quantitative estimate of drug-likeness (QED) is 0.507. The van der Waals surface area contributed by atoms with Gasteiger partial charge in [0.25, 0.3) is 5.91 Å². The molecule has 1 aromatic heterocycles. The maximum Gasteiger partial charge on any atom is 0.387 e. The second kappa shape index (κ2) is 7.48. The van der Waals surface area contributed by atoms with E-state index in [2.05, 4.69) is 15.0 Å². The van der Waals surface area contributed by atoms with E-state index in [1.54, 1.807) is 30.3 Å². The third kappa shape index (κ3) is 3.68. The van der Waals surface area contributed by atoms with Gasteiger partial charge in [-0.05, 0) is 48.5 Å². The van der Waals surface area contributed by atoms with E-state index in [-0.39, 0.29) is 11.3 Å². The van der Waals surface area contributed by atoms with E-state index in [9.17, 15) is 13.6 Å². The van der Waals surface area contributed by atoms with Gasteiger partial charge >= 0.3 is 6.61 Å². The van der Waals surface area contributed by atoms with Crippen LogP contribution >= 0.6 is 0 Å². The average Bonchev–Trinajstić information content (AvgIpc) is 3.12. The van der Waals surface area contributed by atoms with Crippen LogP contribution in [0.25, 0.3) is 22.6 Å². The van der Waals surface area contributed by atoms with Crippen molar-refractivity contribution >= 4 is 22.7 Å². The van der Waals surface area contributed by atoms with Crippen molar-refractivity contribution in [1.29, 1.82) is 0 Å². The molecule has 0 aliphatic rings. The number of carbonyl (C=O) groups is 1. The molecule has 1 heterocycles. The minimum absolute atomic E-state index is 0.0193. The highest BCUT2D eigenvalue weighted by molar-refractivity contribution is 6.06. The Morgan fingerprint density at radius 1 is 0.964 bits per heavy atom. The number of nitrogens with one attached hydrogen (secondary N) is 1. The highest BCUT2D eigenvalue weighted by Gasteiger charge is 2.15. The number of oxazole rings is 1. The summed E-state index contributed by atoms with van der Waals surface area (Å²) in [4.78, 5) is 16.8. The van der Waals surface area contributed by atoms with E-state index in [0.29, 0.717) is 17.2 Å². The minimum Gasteiger partial charge on any atom is -0.436 e. The van der Waals surface area contributed by atoms with E-state index in [4.69, 9.17) is 4.42 Å². The molecule has 0 aliphatic heterocycles. The molecule has 0 unspecified atom stereocenters. The zero-order valence-corrected chi connectivity index (χ0v) is 14.4. The highest BCUT2D eigenvalue weighted by Crippen LogP contribution is 2.26. The van der Waals surface area contributed by atoms with Crippen molar-refractivity contribution in [2.75, 3.05) is 5.32 Å². The fourth-order valence-corrected chi connectivity index (χ4v) is 2.74. The average molecular weight is 380 g/mol. The molecule has 1 amide bonds. The Bertz CT molecular complexity index is 1090. The molecular formula is C21H14F2N2O3. The predicted octanol–water partition coefficient (Wildman–Crippen LogP) is 5.35. The summed E-state index contributed by atoms with van der Waals surface area (Å²) in [7, 11) is 0. The van der Waals surface area contributed by atoms with Crippen LogP contribution in [0.2, 0.25) is 0 Å². The Hall–Kier alpha value is -3.74. The highest BCUT2D eigenvalue weighted by atomic mass is 19.3. The van der Waals surface area contributed by atoms with Crippen LogP contribution in [0, 0.1) is 0 Å². The Morgan fingerprint density at radius 3 is 2.43 bits per heavy atom. The van der Waals surface area contributed by atoms with Crippen molar-refractivity contribution in [2.24, 2.45) is 0 Å². The first-order chi connectivity index (χ1) is 13.6. The zero-order valence-electron chi connectivity index (χ0n) is 14.4. The first kappa shape index (κ1) is 17.7. The van der Waals surface area contributed by atoms with Crippen molar-refractivity contribution < 1.29 is 22.7 Å². The summed E-state index contributed by atoms with van der Waals surface area (Å²) >= 11 is 0. The molecule has 1 N–H and O–H groups in total. The number of ether oxygens (including phenoxy) is 1. The van der Waals surface area contributed by atoms with E-state index in [1.807, 2.05) is 24.3 Å². The minimum atomic E-state index is -3.01. The number of rotatable bonds is 5. The first-order valence-corrected chi connectivity index (χ1v) is 8.41. The number of anilines is 1. The number of alkyl halides is 2. The van der Waals surface area contributed by atoms with E-state index < -0.39 is 12.5 Å². The van der Waals surface area contributed by atoms with Crippen LogP contribution in [-0.2, 0) is 0 Å². The zero-order chi connectivity index (χ0) is 19.5. The lowest BCUT2D eigenvalue weighted by atomic mass is 10.1. The van der Waals surface area contributed by atoms with Gasteiger partial charge in [-0.1, -0.05) is 24.3 Å². The molecular weight excluding hydrogens is 366 g/mol. The van der Waals surface area contributed by atoms with Crippen molar-refractivity contribution in [3.8, 4) is 17.2 Å². The number of hydrogen-bond donors (Lipinski definition) is 1. The molecule has 0 saturated heterocycles. The van der Waals surface area contributed by atoms with Gasteiger partial charge in [-0.15, -0.1) is 0 Å². The third-order valence-corrected chi connectivity index (χ3v) is 4.03. The Morgan fingerprint density at radius 2 is 1.68 bits per heavy atom. The molecule has 0 atom stereocenters. The largest absolute Gasteiger partial charge is 0.436 e. The van der Waals surface area contributed by atoms with Crippen molar-refractivity contribution in [2.45, 2.75) is 6.61 Å². The summed E-state index contributed by atoms with van der Waals surface area (Å²) in [6, 6.07) is 20.1. The summed E-state index contributed by atoms with van der Waals surface area (Å²) in [5.41, 5.74) is 2.70. The number of hydrogen-bond acceptors (Lipinski definition) is 4. The molecule has 0 bridgehead atoms. The number of fused-ring (bicyclic) bond motifs is 1. The van der Waals surface area contributed by atoms with Crippen molar-refractivity contribution in [3.05, 3.63) is 78.4 Å². The molecule has 0 spiro atoms. The summed E-state index contributed by atoms with van der Waals surface area (Å²) in [5.74, 6) is -0.265. The lowest BCUT2D eigenvalue weighted by molar-refractivity contribution is -0.0501. The third-order valence-electron chi connectivity index (χ3n) is 4.03. The van der Waals surface area contributed by atoms with Crippen LogP contribution in [0.1, 0.15) is 10.4 Å². The molecule has 0 saturated carbocycles. The lowest BCUT2D eigenvalue weighted by Gasteiger charge is -2.11. The Kier molecular flexibility index (Phi) is 4.72. The fraction of sp³-hybridized carbons (Fsp3) is 0.0476. The van der Waals surface area contributed by atoms with Crippen LogP contribution in [0.3, 0.4) is 0 Å². The molecule has 28 heavy (non-hydrogen) atoms. The summed E-state index contributed by atoms with van der Waals surface area (Å²) in [5, 5.41) is 2.66. The number of halogens is 2. The number of carbonyl (C=O) groups excluding carboxylic acids is 1. The van der Waals surface area contributed by atoms with Crippen LogP contribution in [0.5, 0.6) is 5.75 Å².